The summed E-state index contributed by atoms with van der Waals surface area (Å²) >= 11 is 3.39. The molecule has 1 aliphatic rings. The summed E-state index contributed by atoms with van der Waals surface area (Å²) in [4.78, 5) is 25.4. The van der Waals surface area contributed by atoms with Gasteiger partial charge in [0.1, 0.15) is 0 Å². The zero-order valence-corrected chi connectivity index (χ0v) is 11.6. The third-order valence-electron chi connectivity index (χ3n) is 3.31. The minimum Gasteiger partial charge on any atom is -0.274 e. The van der Waals surface area contributed by atoms with Gasteiger partial charge < -0.3 is 0 Å². The number of anilines is 1. The largest absolute Gasteiger partial charge is 0.274 e. The van der Waals surface area contributed by atoms with E-state index in [0.29, 0.717) is 5.69 Å². The van der Waals surface area contributed by atoms with Crippen LogP contribution in [-0.4, -0.2) is 11.8 Å². The van der Waals surface area contributed by atoms with Gasteiger partial charge in [0.2, 0.25) is 11.8 Å². The number of hydrogen-bond donors (Lipinski definition) is 0. The van der Waals surface area contributed by atoms with Crippen LogP contribution in [0.25, 0.3) is 0 Å². The summed E-state index contributed by atoms with van der Waals surface area (Å²) in [5, 5.41) is 0. The Morgan fingerprint density at radius 3 is 2.18 bits per heavy atom. The first-order valence-corrected chi connectivity index (χ1v) is 6.36. The number of carbonyl (C=O) groups excluding carboxylic acids is 2. The van der Waals surface area contributed by atoms with Crippen molar-refractivity contribution in [3.05, 3.63) is 28.2 Å². The van der Waals surface area contributed by atoms with Crippen molar-refractivity contribution < 1.29 is 9.59 Å². The van der Waals surface area contributed by atoms with Gasteiger partial charge in [0.25, 0.3) is 0 Å². The molecule has 1 heterocycles. The Kier molecular flexibility index (Phi) is 3.08. The summed E-state index contributed by atoms with van der Waals surface area (Å²) < 4.78 is 0.770. The standard InChI is InChI=1S/C13H14BrNO2/c1-7-4-5-10(14)11(6-7)15-12(16)8(2)9(3)13(15)17/h4-6,8-9H,1-3H3. The summed E-state index contributed by atoms with van der Waals surface area (Å²) in [7, 11) is 0. The molecule has 2 unspecified atom stereocenters. The molecule has 1 aromatic carbocycles. The van der Waals surface area contributed by atoms with Crippen LogP contribution in [0.5, 0.6) is 0 Å². The van der Waals surface area contributed by atoms with Gasteiger partial charge in [0.05, 0.1) is 5.69 Å². The smallest absolute Gasteiger partial charge is 0.237 e. The van der Waals surface area contributed by atoms with Crippen molar-refractivity contribution in [1.82, 2.24) is 0 Å². The number of nitrogens with zero attached hydrogens (tertiary/aromatic N) is 1. The maximum absolute atomic E-state index is 12.1. The minimum atomic E-state index is -0.241. The quantitative estimate of drug-likeness (QED) is 0.747. The summed E-state index contributed by atoms with van der Waals surface area (Å²) in [6, 6.07) is 5.65. The summed E-state index contributed by atoms with van der Waals surface area (Å²) in [5.74, 6) is -0.715. The summed E-state index contributed by atoms with van der Waals surface area (Å²) in [5.41, 5.74) is 1.67. The predicted molar refractivity (Wildman–Crippen MR) is 69.7 cm³/mol. The number of rotatable bonds is 1. The van der Waals surface area contributed by atoms with E-state index in [1.807, 2.05) is 25.1 Å². The van der Waals surface area contributed by atoms with E-state index in [0.717, 1.165) is 10.0 Å². The molecule has 0 aliphatic carbocycles. The Bertz CT molecular complexity index is 478. The van der Waals surface area contributed by atoms with E-state index in [-0.39, 0.29) is 23.7 Å². The van der Waals surface area contributed by atoms with Crippen molar-refractivity contribution in [2.45, 2.75) is 20.8 Å². The number of carbonyl (C=O) groups is 2. The molecule has 2 rings (SSSR count). The van der Waals surface area contributed by atoms with Crippen molar-refractivity contribution >= 4 is 33.4 Å². The molecule has 0 N–H and O–H groups in total. The van der Waals surface area contributed by atoms with E-state index < -0.39 is 0 Å². The Balaban J connectivity index is 2.50. The van der Waals surface area contributed by atoms with Crippen LogP contribution in [0.15, 0.2) is 22.7 Å². The van der Waals surface area contributed by atoms with Gasteiger partial charge in [0, 0.05) is 16.3 Å². The van der Waals surface area contributed by atoms with Crippen LogP contribution in [0, 0.1) is 18.8 Å². The molecular formula is C13H14BrNO2. The van der Waals surface area contributed by atoms with Gasteiger partial charge in [-0.15, -0.1) is 0 Å². The number of imide groups is 1. The topological polar surface area (TPSA) is 37.4 Å². The average Bonchev–Trinajstić information content (AvgIpc) is 2.48. The molecule has 1 saturated heterocycles. The lowest BCUT2D eigenvalue weighted by atomic mass is 10.00. The van der Waals surface area contributed by atoms with Crippen LogP contribution in [0.2, 0.25) is 0 Å². The van der Waals surface area contributed by atoms with E-state index in [4.69, 9.17) is 0 Å². The molecule has 0 spiro atoms. The van der Waals surface area contributed by atoms with Gasteiger partial charge in [-0.3, -0.25) is 9.59 Å². The second-order valence-electron chi connectivity index (χ2n) is 4.54. The molecule has 90 valence electrons. The second-order valence-corrected chi connectivity index (χ2v) is 5.40. The van der Waals surface area contributed by atoms with Crippen LogP contribution >= 0.6 is 15.9 Å². The lowest BCUT2D eigenvalue weighted by molar-refractivity contribution is -0.122. The molecule has 1 aromatic rings. The number of halogens is 1. The molecular weight excluding hydrogens is 282 g/mol. The minimum absolute atomic E-state index is 0.117. The van der Waals surface area contributed by atoms with E-state index >= 15 is 0 Å². The lowest BCUT2D eigenvalue weighted by Gasteiger charge is -2.17. The highest BCUT2D eigenvalue weighted by molar-refractivity contribution is 9.10. The summed E-state index contributed by atoms with van der Waals surface area (Å²) in [6.45, 7) is 5.54. The Morgan fingerprint density at radius 1 is 1.12 bits per heavy atom. The maximum atomic E-state index is 12.1. The molecule has 3 nitrogen and oxygen atoms in total. The molecule has 4 heteroatoms. The van der Waals surface area contributed by atoms with E-state index in [2.05, 4.69) is 15.9 Å². The van der Waals surface area contributed by atoms with Crippen molar-refractivity contribution in [2.24, 2.45) is 11.8 Å². The molecule has 0 bridgehead atoms. The molecule has 2 atom stereocenters. The average molecular weight is 296 g/mol. The lowest BCUT2D eigenvalue weighted by Crippen LogP contribution is -2.31. The molecule has 17 heavy (non-hydrogen) atoms. The number of aryl methyl sites for hydroxylation is 1. The Morgan fingerprint density at radius 2 is 1.65 bits per heavy atom. The van der Waals surface area contributed by atoms with Crippen LogP contribution < -0.4 is 4.90 Å². The zero-order chi connectivity index (χ0) is 12.7. The molecule has 1 aliphatic heterocycles. The Labute approximate surface area is 109 Å². The van der Waals surface area contributed by atoms with Crippen LogP contribution in [0.1, 0.15) is 19.4 Å². The normalized spacial score (nSPS) is 24.6. The van der Waals surface area contributed by atoms with Crippen molar-refractivity contribution in [2.75, 3.05) is 4.90 Å². The van der Waals surface area contributed by atoms with Gasteiger partial charge in [-0.25, -0.2) is 4.90 Å². The highest BCUT2D eigenvalue weighted by Gasteiger charge is 2.43. The molecule has 0 aromatic heterocycles. The van der Waals surface area contributed by atoms with E-state index in [1.165, 1.54) is 4.90 Å². The predicted octanol–water partition coefficient (Wildman–Crippen LogP) is 2.90. The monoisotopic (exact) mass is 295 g/mol. The highest BCUT2D eigenvalue weighted by Crippen LogP contribution is 2.35. The molecule has 0 saturated carbocycles. The SMILES string of the molecule is Cc1ccc(Br)c(N2C(=O)C(C)C(C)C2=O)c1. The van der Waals surface area contributed by atoms with Gasteiger partial charge in [-0.05, 0) is 40.5 Å². The van der Waals surface area contributed by atoms with Gasteiger partial charge in [-0.1, -0.05) is 19.9 Å². The Hall–Kier alpha value is -1.16. The van der Waals surface area contributed by atoms with E-state index in [9.17, 15) is 9.59 Å². The first-order chi connectivity index (χ1) is 7.93. The fraction of sp³-hybridized carbons (Fsp3) is 0.385. The summed E-state index contributed by atoms with van der Waals surface area (Å²) in [6.07, 6.45) is 0. The van der Waals surface area contributed by atoms with Gasteiger partial charge >= 0.3 is 0 Å². The van der Waals surface area contributed by atoms with E-state index in [1.54, 1.807) is 13.8 Å². The number of hydrogen-bond acceptors (Lipinski definition) is 2. The van der Waals surface area contributed by atoms with Crippen LogP contribution in [0.3, 0.4) is 0 Å². The van der Waals surface area contributed by atoms with Gasteiger partial charge in [-0.2, -0.15) is 0 Å². The zero-order valence-electron chi connectivity index (χ0n) is 10.0. The third-order valence-corrected chi connectivity index (χ3v) is 3.98. The number of benzene rings is 1. The maximum Gasteiger partial charge on any atom is 0.237 e. The third kappa shape index (κ3) is 1.90. The second kappa shape index (κ2) is 4.26. The molecule has 1 fully saturated rings. The molecule has 0 radical (unpaired) electrons. The number of amides is 2. The van der Waals surface area contributed by atoms with Crippen LogP contribution in [-0.2, 0) is 9.59 Å². The first kappa shape index (κ1) is 12.3. The molecule has 2 amide bonds. The highest BCUT2D eigenvalue weighted by atomic mass is 79.9. The fourth-order valence-electron chi connectivity index (χ4n) is 1.98. The first-order valence-electron chi connectivity index (χ1n) is 5.57. The van der Waals surface area contributed by atoms with Crippen LogP contribution in [0.4, 0.5) is 5.69 Å². The fourth-order valence-corrected chi connectivity index (χ4v) is 2.40. The van der Waals surface area contributed by atoms with Crippen molar-refractivity contribution in [3.63, 3.8) is 0 Å². The van der Waals surface area contributed by atoms with Crippen molar-refractivity contribution in [3.8, 4) is 0 Å². The van der Waals surface area contributed by atoms with Crippen molar-refractivity contribution in [1.29, 1.82) is 0 Å². The van der Waals surface area contributed by atoms with Gasteiger partial charge in [0.15, 0.2) is 0 Å².